The van der Waals surface area contributed by atoms with Crippen LogP contribution in [0, 0.1) is 41.4 Å². The van der Waals surface area contributed by atoms with Gasteiger partial charge >= 0.3 is 0 Å². The van der Waals surface area contributed by atoms with E-state index in [0.29, 0.717) is 53.9 Å². The van der Waals surface area contributed by atoms with Gasteiger partial charge in [-0.15, -0.1) is 0 Å². The van der Waals surface area contributed by atoms with Gasteiger partial charge in [-0.2, -0.15) is 0 Å². The summed E-state index contributed by atoms with van der Waals surface area (Å²) in [6.45, 7) is 11.7. The van der Waals surface area contributed by atoms with E-state index in [-0.39, 0.29) is 17.6 Å². The number of nitrogens with one attached hydrogen (secondary N) is 1. The van der Waals surface area contributed by atoms with Gasteiger partial charge in [0.15, 0.2) is 5.78 Å². The number of hydrogen-bond acceptors (Lipinski definition) is 4. The second-order valence-electron chi connectivity index (χ2n) is 15.8. The number of aryl methyl sites for hydroxylation is 1. The zero-order chi connectivity index (χ0) is 30.6. The summed E-state index contributed by atoms with van der Waals surface area (Å²) in [4.78, 5) is 28.0. The van der Waals surface area contributed by atoms with Crippen molar-refractivity contribution in [1.29, 1.82) is 0 Å². The van der Waals surface area contributed by atoms with E-state index in [2.05, 4.69) is 68.2 Å². The second kappa shape index (κ2) is 12.2. The van der Waals surface area contributed by atoms with Crippen LogP contribution in [0.1, 0.15) is 91.0 Å². The Morgan fingerprint density at radius 3 is 2.73 bits per heavy atom. The number of rotatable bonds is 6. The lowest BCUT2D eigenvalue weighted by molar-refractivity contribution is -0.124. The minimum Gasteiger partial charge on any atom is -0.369 e. The topological polar surface area (TPSA) is 58.6 Å². The standard InChI is InChI=1S/C39H54N2O3/c1-24-17-35-38(41(22-24)23-36(43)40-16-8-11-28-9-6-5-7-10-28)27(4)39(44-35)15-14-32-31-13-12-29-19-30(42)18-25(2)37(29)34(31)20-33(32)26(3)21-39/h5-7,9-10,19,24-25,27,31-32,34-35,37-38H,8,11-18,20-23H2,1-4H3,(H,40,43)/t24-,25+,27+,31-,32-,34-,35+,37?,38-,39-/m0/s1. The van der Waals surface area contributed by atoms with Crippen LogP contribution >= 0.6 is 0 Å². The van der Waals surface area contributed by atoms with Gasteiger partial charge < -0.3 is 10.1 Å². The molecule has 4 fully saturated rings. The molecule has 2 heterocycles. The summed E-state index contributed by atoms with van der Waals surface area (Å²) >= 11 is 0. The minimum absolute atomic E-state index is 0.120. The number of carbonyl (C=O) groups excluding carboxylic acids is 2. The number of amides is 1. The van der Waals surface area contributed by atoms with Crippen molar-refractivity contribution < 1.29 is 14.3 Å². The van der Waals surface area contributed by atoms with E-state index in [1.54, 1.807) is 11.1 Å². The molecule has 6 aliphatic rings. The van der Waals surface area contributed by atoms with Crippen molar-refractivity contribution in [3.63, 3.8) is 0 Å². The monoisotopic (exact) mass is 598 g/mol. The maximum Gasteiger partial charge on any atom is 0.234 e. The molecule has 5 heteroatoms. The van der Waals surface area contributed by atoms with Gasteiger partial charge in [0.25, 0.3) is 0 Å². The fourth-order valence-corrected chi connectivity index (χ4v) is 11.2. The molecule has 1 N–H and O–H groups in total. The fourth-order valence-electron chi connectivity index (χ4n) is 11.2. The molecule has 44 heavy (non-hydrogen) atoms. The highest BCUT2D eigenvalue weighted by Gasteiger charge is 2.58. The van der Waals surface area contributed by atoms with Crippen LogP contribution in [0.2, 0.25) is 0 Å². The molecule has 2 aliphatic heterocycles. The van der Waals surface area contributed by atoms with Crippen LogP contribution in [0.4, 0.5) is 0 Å². The van der Waals surface area contributed by atoms with Crippen molar-refractivity contribution in [3.8, 4) is 0 Å². The van der Waals surface area contributed by atoms with Gasteiger partial charge in [0, 0.05) is 31.5 Å². The molecule has 10 atom stereocenters. The lowest BCUT2D eigenvalue weighted by Crippen LogP contribution is -2.54. The lowest BCUT2D eigenvalue weighted by atomic mass is 9.61. The molecule has 238 valence electrons. The van der Waals surface area contributed by atoms with Crippen LogP contribution in [0.25, 0.3) is 0 Å². The van der Waals surface area contributed by atoms with E-state index in [1.807, 2.05) is 6.08 Å². The predicted octanol–water partition coefficient (Wildman–Crippen LogP) is 6.92. The molecule has 0 radical (unpaired) electrons. The molecule has 1 aromatic rings. The van der Waals surface area contributed by atoms with Crippen LogP contribution in [0.5, 0.6) is 0 Å². The first-order valence-electron chi connectivity index (χ1n) is 17.9. The van der Waals surface area contributed by atoms with Gasteiger partial charge in [-0.25, -0.2) is 0 Å². The average Bonchev–Trinajstić information content (AvgIpc) is 3.44. The molecule has 4 aliphatic carbocycles. The van der Waals surface area contributed by atoms with E-state index < -0.39 is 0 Å². The van der Waals surface area contributed by atoms with Crippen molar-refractivity contribution in [1.82, 2.24) is 10.2 Å². The normalized spacial score (nSPS) is 40.1. The first kappa shape index (κ1) is 30.4. The number of likely N-dealkylation sites (tertiary alicyclic amines) is 1. The van der Waals surface area contributed by atoms with Crippen LogP contribution < -0.4 is 5.32 Å². The molecule has 2 saturated heterocycles. The van der Waals surface area contributed by atoms with Crippen molar-refractivity contribution in [2.24, 2.45) is 41.4 Å². The molecular weight excluding hydrogens is 544 g/mol. The highest BCUT2D eigenvalue weighted by molar-refractivity contribution is 5.91. The smallest absolute Gasteiger partial charge is 0.234 e. The van der Waals surface area contributed by atoms with Crippen molar-refractivity contribution in [2.75, 3.05) is 19.6 Å². The Balaban J connectivity index is 1.03. The third-order valence-corrected chi connectivity index (χ3v) is 13.0. The number of benzene rings is 1. The predicted molar refractivity (Wildman–Crippen MR) is 175 cm³/mol. The molecule has 2 saturated carbocycles. The number of fused-ring (bicyclic) bond motifs is 6. The largest absolute Gasteiger partial charge is 0.369 e. The Labute approximate surface area is 265 Å². The molecule has 0 bridgehead atoms. The van der Waals surface area contributed by atoms with Crippen LogP contribution in [0.3, 0.4) is 0 Å². The summed E-state index contributed by atoms with van der Waals surface area (Å²) in [5, 5.41) is 3.22. The average molecular weight is 599 g/mol. The fraction of sp³-hybridized carbons (Fsp3) is 0.692. The quantitative estimate of drug-likeness (QED) is 0.285. The molecule has 1 spiro atoms. The summed E-state index contributed by atoms with van der Waals surface area (Å²) < 4.78 is 7.25. The number of ether oxygens (including phenoxy) is 1. The summed E-state index contributed by atoms with van der Waals surface area (Å²) in [5.74, 6) is 4.69. The van der Waals surface area contributed by atoms with Crippen molar-refractivity contribution in [2.45, 2.75) is 110 Å². The second-order valence-corrected chi connectivity index (χ2v) is 15.8. The molecule has 1 aromatic carbocycles. The molecule has 1 unspecified atom stereocenters. The molecule has 0 aromatic heterocycles. The molecular formula is C39H54N2O3. The van der Waals surface area contributed by atoms with E-state index in [4.69, 9.17) is 4.74 Å². The van der Waals surface area contributed by atoms with Gasteiger partial charge in [-0.05, 0) is 112 Å². The minimum atomic E-state index is -0.120. The maximum atomic E-state index is 13.2. The van der Waals surface area contributed by atoms with Crippen molar-refractivity contribution in [3.05, 3.63) is 58.7 Å². The summed E-state index contributed by atoms with van der Waals surface area (Å²) in [5.41, 5.74) is 6.01. The summed E-state index contributed by atoms with van der Waals surface area (Å²) in [7, 11) is 0. The van der Waals surface area contributed by atoms with E-state index >= 15 is 0 Å². The lowest BCUT2D eigenvalue weighted by Gasteiger charge is -2.43. The Morgan fingerprint density at radius 1 is 1.09 bits per heavy atom. The number of nitrogens with zero attached hydrogens (tertiary/aromatic N) is 1. The highest BCUT2D eigenvalue weighted by atomic mass is 16.5. The van der Waals surface area contributed by atoms with E-state index in [9.17, 15) is 9.59 Å². The van der Waals surface area contributed by atoms with Gasteiger partial charge in [-0.1, -0.05) is 67.8 Å². The third-order valence-electron chi connectivity index (χ3n) is 13.0. The van der Waals surface area contributed by atoms with Gasteiger partial charge in [0.05, 0.1) is 18.2 Å². The number of hydrogen-bond donors (Lipinski definition) is 1. The van der Waals surface area contributed by atoms with Crippen LogP contribution in [0.15, 0.2) is 53.1 Å². The molecule has 1 amide bonds. The SMILES string of the molecule is CC1=C2C[C@@H]3C4C(=CC(=O)C[C@H]4C)CC[C@H]3[C@@H]2CC[C@@]2(C1)O[C@@H]1C[C@H](C)CN(CC(=O)NCCCc3ccccc3)[C@H]1[C@H]2C. The molecule has 7 rings (SSSR count). The Morgan fingerprint density at radius 2 is 1.91 bits per heavy atom. The molecule has 5 nitrogen and oxygen atoms in total. The Kier molecular flexibility index (Phi) is 8.41. The van der Waals surface area contributed by atoms with E-state index in [1.165, 1.54) is 30.4 Å². The van der Waals surface area contributed by atoms with Gasteiger partial charge in [0.1, 0.15) is 0 Å². The van der Waals surface area contributed by atoms with Crippen molar-refractivity contribution >= 4 is 11.7 Å². The highest BCUT2D eigenvalue weighted by Crippen LogP contribution is 2.61. The Bertz CT molecular complexity index is 1320. The van der Waals surface area contributed by atoms with E-state index in [0.717, 1.165) is 64.0 Å². The number of allylic oxidation sites excluding steroid dienone is 3. The maximum absolute atomic E-state index is 13.2. The first-order valence-corrected chi connectivity index (χ1v) is 17.9. The first-order chi connectivity index (χ1) is 21.2. The zero-order valence-corrected chi connectivity index (χ0v) is 27.5. The third kappa shape index (κ3) is 5.55. The van der Waals surface area contributed by atoms with Gasteiger partial charge in [-0.3, -0.25) is 14.5 Å². The Hall–Kier alpha value is -2.24. The summed E-state index contributed by atoms with van der Waals surface area (Å²) in [6.07, 6.45) is 13.0. The van der Waals surface area contributed by atoms with Crippen LogP contribution in [-0.4, -0.2) is 54.0 Å². The number of ketones is 1. The number of piperidine rings is 1. The van der Waals surface area contributed by atoms with Gasteiger partial charge in [0.2, 0.25) is 5.91 Å². The summed E-state index contributed by atoms with van der Waals surface area (Å²) in [6, 6.07) is 10.8. The zero-order valence-electron chi connectivity index (χ0n) is 27.5. The van der Waals surface area contributed by atoms with Crippen LogP contribution in [-0.2, 0) is 20.7 Å². The number of carbonyl (C=O) groups is 2.